The molecule has 1 unspecified atom stereocenters. The van der Waals surface area contributed by atoms with E-state index in [4.69, 9.17) is 4.74 Å². The quantitative estimate of drug-likeness (QED) is 0.576. The van der Waals surface area contributed by atoms with Crippen molar-refractivity contribution in [1.82, 2.24) is 10.6 Å². The molecule has 0 saturated heterocycles. The third kappa shape index (κ3) is 4.39. The molecule has 2 amide bonds. The summed E-state index contributed by atoms with van der Waals surface area (Å²) in [6.07, 6.45) is 4.37. The van der Waals surface area contributed by atoms with E-state index in [0.717, 1.165) is 35.1 Å². The van der Waals surface area contributed by atoms with Crippen molar-refractivity contribution in [3.8, 4) is 11.1 Å². The SMILES string of the molecule is O=C(O)CC(NC(=O)OCC1c2ccccc2-c2ccccc21)C(=O)N[C@H]1C[C@H]2CCCC[C@H]21. The molecule has 3 aliphatic rings. The summed E-state index contributed by atoms with van der Waals surface area (Å²) in [5.41, 5.74) is 4.42. The highest BCUT2D eigenvalue weighted by atomic mass is 16.5. The maximum atomic E-state index is 12.8. The lowest BCUT2D eigenvalue weighted by molar-refractivity contribution is -0.140. The Labute approximate surface area is 198 Å². The van der Waals surface area contributed by atoms with Gasteiger partial charge in [0.1, 0.15) is 12.6 Å². The molecule has 2 aromatic carbocycles. The number of hydrogen-bond donors (Lipinski definition) is 3. The molecular formula is C27H30N2O5. The summed E-state index contributed by atoms with van der Waals surface area (Å²) in [5, 5.41) is 14.8. The van der Waals surface area contributed by atoms with Gasteiger partial charge in [-0.1, -0.05) is 67.8 Å². The zero-order valence-electron chi connectivity index (χ0n) is 19.0. The Morgan fingerprint density at radius 2 is 1.62 bits per heavy atom. The molecule has 5 rings (SSSR count). The minimum Gasteiger partial charge on any atom is -0.481 e. The molecule has 3 N–H and O–H groups in total. The number of hydrogen-bond acceptors (Lipinski definition) is 4. The predicted octanol–water partition coefficient (Wildman–Crippen LogP) is 4.06. The van der Waals surface area contributed by atoms with Crippen LogP contribution >= 0.6 is 0 Å². The topological polar surface area (TPSA) is 105 Å². The van der Waals surface area contributed by atoms with Gasteiger partial charge >= 0.3 is 12.1 Å². The first-order chi connectivity index (χ1) is 16.5. The van der Waals surface area contributed by atoms with Crippen LogP contribution in [-0.4, -0.2) is 41.8 Å². The summed E-state index contributed by atoms with van der Waals surface area (Å²) in [6, 6.07) is 15.0. The molecule has 0 aromatic heterocycles. The van der Waals surface area contributed by atoms with Crippen LogP contribution in [0.25, 0.3) is 11.1 Å². The van der Waals surface area contributed by atoms with Crippen molar-refractivity contribution in [3.05, 3.63) is 59.7 Å². The van der Waals surface area contributed by atoms with Gasteiger partial charge in [-0.3, -0.25) is 9.59 Å². The van der Waals surface area contributed by atoms with Crippen molar-refractivity contribution in [2.75, 3.05) is 6.61 Å². The number of fused-ring (bicyclic) bond motifs is 4. The van der Waals surface area contributed by atoms with E-state index < -0.39 is 30.4 Å². The summed E-state index contributed by atoms with van der Waals surface area (Å²) in [4.78, 5) is 36.8. The molecule has 7 heteroatoms. The van der Waals surface area contributed by atoms with Crippen LogP contribution in [-0.2, 0) is 14.3 Å². The fourth-order valence-corrected chi connectivity index (χ4v) is 5.98. The van der Waals surface area contributed by atoms with Gasteiger partial charge < -0.3 is 20.5 Å². The first-order valence-electron chi connectivity index (χ1n) is 12.1. The van der Waals surface area contributed by atoms with E-state index in [-0.39, 0.29) is 18.6 Å². The molecule has 0 heterocycles. The van der Waals surface area contributed by atoms with Crippen LogP contribution < -0.4 is 10.6 Å². The molecule has 2 aromatic rings. The van der Waals surface area contributed by atoms with E-state index in [1.54, 1.807) is 0 Å². The average Bonchev–Trinajstić information content (AvgIpc) is 3.14. The van der Waals surface area contributed by atoms with Crippen molar-refractivity contribution in [3.63, 3.8) is 0 Å². The largest absolute Gasteiger partial charge is 0.481 e. The Hall–Kier alpha value is -3.35. The van der Waals surface area contributed by atoms with Crippen molar-refractivity contribution < 1.29 is 24.2 Å². The standard InChI is InChI=1S/C27H30N2O5/c30-25(31)14-24(26(32)28-23-13-16-7-1-2-8-17(16)23)29-27(33)34-15-22-20-11-5-3-9-18(20)19-10-4-6-12-21(19)22/h3-6,9-12,16-17,22-24H,1-2,7-8,13-15H2,(H,28,32)(H,29,33)(H,30,31)/t16-,17-,23+,24?/m1/s1. The normalized spacial score (nSPS) is 23.5. The molecule has 4 atom stereocenters. The van der Waals surface area contributed by atoms with Gasteiger partial charge in [-0.2, -0.15) is 0 Å². The summed E-state index contributed by atoms with van der Waals surface area (Å²) in [7, 11) is 0. The average molecular weight is 463 g/mol. The van der Waals surface area contributed by atoms with E-state index in [9.17, 15) is 19.5 Å². The van der Waals surface area contributed by atoms with Gasteiger partial charge in [0.25, 0.3) is 0 Å². The third-order valence-corrected chi connectivity index (χ3v) is 7.70. The second kappa shape index (κ2) is 9.49. The second-order valence-corrected chi connectivity index (χ2v) is 9.68. The van der Waals surface area contributed by atoms with Gasteiger partial charge in [-0.05, 0) is 46.9 Å². The Morgan fingerprint density at radius 3 is 2.26 bits per heavy atom. The minimum atomic E-state index is -1.17. The molecule has 34 heavy (non-hydrogen) atoms. The maximum absolute atomic E-state index is 12.8. The number of aliphatic carboxylic acids is 1. The van der Waals surface area contributed by atoms with Gasteiger partial charge in [0, 0.05) is 12.0 Å². The van der Waals surface area contributed by atoms with E-state index in [0.29, 0.717) is 11.8 Å². The molecule has 0 aliphatic heterocycles. The van der Waals surface area contributed by atoms with Crippen molar-refractivity contribution >= 4 is 18.0 Å². The summed E-state index contributed by atoms with van der Waals surface area (Å²) in [5.74, 6) is -0.582. The monoisotopic (exact) mass is 462 g/mol. The van der Waals surface area contributed by atoms with Crippen LogP contribution in [0, 0.1) is 11.8 Å². The molecule has 2 saturated carbocycles. The summed E-state index contributed by atoms with van der Waals surface area (Å²) >= 11 is 0. The van der Waals surface area contributed by atoms with E-state index in [1.807, 2.05) is 36.4 Å². The molecule has 0 bridgehead atoms. The Balaban J connectivity index is 1.21. The zero-order valence-corrected chi connectivity index (χ0v) is 19.0. The Kier molecular flexibility index (Phi) is 6.26. The highest BCUT2D eigenvalue weighted by molar-refractivity contribution is 5.89. The lowest BCUT2D eigenvalue weighted by Crippen LogP contribution is -2.58. The lowest BCUT2D eigenvalue weighted by atomic mass is 9.62. The molecule has 3 aliphatic carbocycles. The minimum absolute atomic E-state index is 0.0680. The predicted molar refractivity (Wildman–Crippen MR) is 126 cm³/mol. The van der Waals surface area contributed by atoms with Crippen LogP contribution in [0.3, 0.4) is 0 Å². The van der Waals surface area contributed by atoms with Crippen molar-refractivity contribution in [1.29, 1.82) is 0 Å². The van der Waals surface area contributed by atoms with Crippen LogP contribution in [0.2, 0.25) is 0 Å². The van der Waals surface area contributed by atoms with Gasteiger partial charge in [-0.15, -0.1) is 0 Å². The Bertz CT molecular complexity index is 1050. The number of amides is 2. The number of carboxylic acid groups (broad SMARTS) is 1. The summed E-state index contributed by atoms with van der Waals surface area (Å²) in [6.45, 7) is 0.105. The number of alkyl carbamates (subject to hydrolysis) is 1. The Morgan fingerprint density at radius 1 is 0.971 bits per heavy atom. The molecule has 0 radical (unpaired) electrons. The van der Waals surface area contributed by atoms with Gasteiger partial charge in [0.05, 0.1) is 6.42 Å². The van der Waals surface area contributed by atoms with Gasteiger partial charge in [0.2, 0.25) is 5.91 Å². The molecule has 2 fully saturated rings. The first kappa shape index (κ1) is 22.4. The number of nitrogens with one attached hydrogen (secondary N) is 2. The number of ether oxygens (including phenoxy) is 1. The first-order valence-corrected chi connectivity index (χ1v) is 12.1. The molecular weight excluding hydrogens is 432 g/mol. The van der Waals surface area contributed by atoms with E-state index in [2.05, 4.69) is 22.8 Å². The van der Waals surface area contributed by atoms with Crippen molar-refractivity contribution in [2.45, 2.75) is 56.5 Å². The van der Waals surface area contributed by atoms with Crippen LogP contribution in [0.1, 0.15) is 55.6 Å². The zero-order chi connectivity index (χ0) is 23.7. The molecule has 0 spiro atoms. The van der Waals surface area contributed by atoms with E-state index in [1.165, 1.54) is 19.3 Å². The second-order valence-electron chi connectivity index (χ2n) is 9.68. The van der Waals surface area contributed by atoms with Crippen LogP contribution in [0.5, 0.6) is 0 Å². The van der Waals surface area contributed by atoms with Gasteiger partial charge in [-0.25, -0.2) is 4.79 Å². The highest BCUT2D eigenvalue weighted by Crippen LogP contribution is 2.45. The third-order valence-electron chi connectivity index (χ3n) is 7.70. The summed E-state index contributed by atoms with van der Waals surface area (Å²) < 4.78 is 5.51. The van der Waals surface area contributed by atoms with Crippen LogP contribution in [0.4, 0.5) is 4.79 Å². The number of carbonyl (C=O) groups excluding carboxylic acids is 2. The highest BCUT2D eigenvalue weighted by Gasteiger charge is 2.43. The van der Waals surface area contributed by atoms with Gasteiger partial charge in [0.15, 0.2) is 0 Å². The molecule has 178 valence electrons. The number of rotatable bonds is 7. The van der Waals surface area contributed by atoms with Crippen molar-refractivity contribution in [2.24, 2.45) is 11.8 Å². The maximum Gasteiger partial charge on any atom is 0.407 e. The van der Waals surface area contributed by atoms with Crippen LogP contribution in [0.15, 0.2) is 48.5 Å². The lowest BCUT2D eigenvalue weighted by Gasteiger charge is -2.48. The number of carbonyl (C=O) groups is 3. The fourth-order valence-electron chi connectivity index (χ4n) is 5.98. The fraction of sp³-hybridized carbons (Fsp3) is 0.444. The number of benzene rings is 2. The smallest absolute Gasteiger partial charge is 0.407 e. The molecule has 7 nitrogen and oxygen atoms in total. The number of carboxylic acids is 1. The van der Waals surface area contributed by atoms with E-state index >= 15 is 0 Å².